The molecule has 0 radical (unpaired) electrons. The predicted octanol–water partition coefficient (Wildman–Crippen LogP) is 4.08. The summed E-state index contributed by atoms with van der Waals surface area (Å²) in [5.74, 6) is -2.83. The molecule has 0 saturated heterocycles. The van der Waals surface area contributed by atoms with E-state index in [1.807, 2.05) is 0 Å². The number of aliphatic hydroxyl groups is 1. The van der Waals surface area contributed by atoms with Gasteiger partial charge in [-0.05, 0) is 35.2 Å². The summed E-state index contributed by atoms with van der Waals surface area (Å²) in [5, 5.41) is 19.3. The first kappa shape index (κ1) is 19.0. The molecule has 0 aliphatic rings. The second-order valence-electron chi connectivity index (χ2n) is 6.09. The molecule has 2 N–H and O–H groups in total. The standard InChI is InChI=1S/C17H17F4NO3/c1-9(2)15(23)11-6-14(16(24)25)22(8-11)7-10-3-4-13(18)12(5-10)17(19,20)21/h3-6,8-9,15,23H,7H2,1-2H3,(H,24,25). The molecule has 0 aliphatic carbocycles. The summed E-state index contributed by atoms with van der Waals surface area (Å²) in [4.78, 5) is 11.4. The topological polar surface area (TPSA) is 62.5 Å². The van der Waals surface area contributed by atoms with Gasteiger partial charge < -0.3 is 14.8 Å². The zero-order valence-electron chi connectivity index (χ0n) is 13.5. The van der Waals surface area contributed by atoms with Crippen LogP contribution in [0.2, 0.25) is 0 Å². The summed E-state index contributed by atoms with van der Waals surface area (Å²) in [6, 6.07) is 3.79. The van der Waals surface area contributed by atoms with Gasteiger partial charge in [0.1, 0.15) is 11.5 Å². The van der Waals surface area contributed by atoms with Crippen LogP contribution in [0.3, 0.4) is 0 Å². The van der Waals surface area contributed by atoms with Crippen molar-refractivity contribution in [1.29, 1.82) is 0 Å². The highest BCUT2D eigenvalue weighted by molar-refractivity contribution is 5.86. The Morgan fingerprint density at radius 3 is 2.40 bits per heavy atom. The lowest BCUT2D eigenvalue weighted by Crippen LogP contribution is -2.12. The van der Waals surface area contributed by atoms with E-state index in [4.69, 9.17) is 0 Å². The van der Waals surface area contributed by atoms with E-state index in [1.54, 1.807) is 13.8 Å². The molecule has 8 heteroatoms. The van der Waals surface area contributed by atoms with Gasteiger partial charge in [0.05, 0.1) is 11.7 Å². The highest BCUT2D eigenvalue weighted by Crippen LogP contribution is 2.32. The number of carboxylic acid groups (broad SMARTS) is 1. The van der Waals surface area contributed by atoms with Crippen molar-refractivity contribution in [2.75, 3.05) is 0 Å². The van der Waals surface area contributed by atoms with Crippen LogP contribution in [0.5, 0.6) is 0 Å². The number of hydrogen-bond acceptors (Lipinski definition) is 2. The van der Waals surface area contributed by atoms with E-state index >= 15 is 0 Å². The number of carbonyl (C=O) groups is 1. The minimum absolute atomic E-state index is 0.0948. The molecule has 2 rings (SSSR count). The number of nitrogens with zero attached hydrogens (tertiary/aromatic N) is 1. The number of alkyl halides is 3. The monoisotopic (exact) mass is 359 g/mol. The van der Waals surface area contributed by atoms with Gasteiger partial charge in [-0.1, -0.05) is 19.9 Å². The maximum absolute atomic E-state index is 13.4. The predicted molar refractivity (Wildman–Crippen MR) is 81.7 cm³/mol. The molecular formula is C17H17F4NO3. The Balaban J connectivity index is 2.42. The lowest BCUT2D eigenvalue weighted by molar-refractivity contribution is -0.140. The van der Waals surface area contributed by atoms with Crippen molar-refractivity contribution < 1.29 is 32.6 Å². The Morgan fingerprint density at radius 1 is 1.24 bits per heavy atom. The number of aromatic nitrogens is 1. The summed E-state index contributed by atoms with van der Waals surface area (Å²) >= 11 is 0. The smallest absolute Gasteiger partial charge is 0.419 e. The molecule has 0 saturated carbocycles. The lowest BCUT2D eigenvalue weighted by atomic mass is 10.0. The number of benzene rings is 1. The molecule has 1 unspecified atom stereocenters. The van der Waals surface area contributed by atoms with Gasteiger partial charge in [-0.25, -0.2) is 9.18 Å². The molecule has 4 nitrogen and oxygen atoms in total. The minimum atomic E-state index is -4.84. The SMILES string of the molecule is CC(C)C(O)c1cc(C(=O)O)n(Cc2ccc(F)c(C(F)(F)F)c2)c1. The molecule has 0 fully saturated rings. The van der Waals surface area contributed by atoms with E-state index in [9.17, 15) is 32.6 Å². The number of aromatic carboxylic acids is 1. The molecule has 1 heterocycles. The first-order valence-electron chi connectivity index (χ1n) is 7.47. The lowest BCUT2D eigenvalue weighted by Gasteiger charge is -2.13. The summed E-state index contributed by atoms with van der Waals surface area (Å²) in [6.45, 7) is 3.30. The molecule has 0 bridgehead atoms. The number of rotatable bonds is 5. The van der Waals surface area contributed by atoms with Crippen molar-refractivity contribution in [3.8, 4) is 0 Å². The van der Waals surface area contributed by atoms with Gasteiger partial charge in [0, 0.05) is 12.7 Å². The van der Waals surface area contributed by atoms with Gasteiger partial charge in [0.25, 0.3) is 0 Å². The van der Waals surface area contributed by atoms with E-state index in [0.29, 0.717) is 17.7 Å². The van der Waals surface area contributed by atoms with Crippen molar-refractivity contribution in [1.82, 2.24) is 4.57 Å². The molecule has 1 aromatic carbocycles. The van der Waals surface area contributed by atoms with Crippen molar-refractivity contribution in [2.45, 2.75) is 32.7 Å². The average molecular weight is 359 g/mol. The summed E-state index contributed by atoms with van der Waals surface area (Å²) < 4.78 is 53.0. The van der Waals surface area contributed by atoms with Crippen molar-refractivity contribution >= 4 is 5.97 Å². The molecule has 0 amide bonds. The average Bonchev–Trinajstić information content (AvgIpc) is 2.91. The Hall–Kier alpha value is -2.35. The van der Waals surface area contributed by atoms with Crippen molar-refractivity contribution in [2.24, 2.45) is 5.92 Å². The summed E-state index contributed by atoms with van der Waals surface area (Å²) in [6.07, 6.45) is -4.37. The van der Waals surface area contributed by atoms with Gasteiger partial charge in [0.15, 0.2) is 0 Å². The van der Waals surface area contributed by atoms with Gasteiger partial charge >= 0.3 is 12.1 Å². The largest absolute Gasteiger partial charge is 0.477 e. The van der Waals surface area contributed by atoms with E-state index in [1.165, 1.54) is 16.8 Å². The quantitative estimate of drug-likeness (QED) is 0.791. The molecular weight excluding hydrogens is 342 g/mol. The molecule has 0 aliphatic heterocycles. The normalized spacial score (nSPS) is 13.3. The second kappa shape index (κ2) is 6.87. The van der Waals surface area contributed by atoms with E-state index in [2.05, 4.69) is 0 Å². The maximum atomic E-state index is 13.4. The Morgan fingerprint density at radius 2 is 1.88 bits per heavy atom. The third-order valence-electron chi connectivity index (χ3n) is 3.80. The Kier molecular flexibility index (Phi) is 5.22. The molecule has 1 aromatic heterocycles. The number of carboxylic acids is 1. The van der Waals surface area contributed by atoms with Crippen LogP contribution in [-0.4, -0.2) is 20.7 Å². The fourth-order valence-electron chi connectivity index (χ4n) is 2.47. The van der Waals surface area contributed by atoms with Crippen LogP contribution in [0.15, 0.2) is 30.5 Å². The summed E-state index contributed by atoms with van der Waals surface area (Å²) in [5.41, 5.74) is -1.13. The van der Waals surface area contributed by atoms with Crippen LogP contribution in [0, 0.1) is 11.7 Å². The second-order valence-corrected chi connectivity index (χ2v) is 6.09. The fourth-order valence-corrected chi connectivity index (χ4v) is 2.47. The maximum Gasteiger partial charge on any atom is 0.419 e. The van der Waals surface area contributed by atoms with E-state index < -0.39 is 29.6 Å². The van der Waals surface area contributed by atoms with Crippen molar-refractivity contribution in [3.63, 3.8) is 0 Å². The highest BCUT2D eigenvalue weighted by Gasteiger charge is 2.34. The third kappa shape index (κ3) is 4.19. The Labute approximate surface area is 141 Å². The third-order valence-corrected chi connectivity index (χ3v) is 3.80. The van der Waals surface area contributed by atoms with Gasteiger partial charge in [0.2, 0.25) is 0 Å². The minimum Gasteiger partial charge on any atom is -0.477 e. The van der Waals surface area contributed by atoms with E-state index in [0.717, 1.165) is 6.07 Å². The fraction of sp³-hybridized carbons (Fsp3) is 0.353. The number of aliphatic hydroxyl groups excluding tert-OH is 1. The highest BCUT2D eigenvalue weighted by atomic mass is 19.4. The molecule has 136 valence electrons. The van der Waals surface area contributed by atoms with Crippen LogP contribution in [-0.2, 0) is 12.7 Å². The zero-order chi connectivity index (χ0) is 18.9. The molecule has 1 atom stereocenters. The number of hydrogen-bond donors (Lipinski definition) is 2. The van der Waals surface area contributed by atoms with Crippen LogP contribution < -0.4 is 0 Å². The first-order chi connectivity index (χ1) is 11.5. The molecule has 25 heavy (non-hydrogen) atoms. The van der Waals surface area contributed by atoms with E-state index in [-0.39, 0.29) is 23.7 Å². The first-order valence-corrected chi connectivity index (χ1v) is 7.47. The van der Waals surface area contributed by atoms with Gasteiger partial charge in [-0.15, -0.1) is 0 Å². The molecule has 2 aromatic rings. The zero-order valence-corrected chi connectivity index (χ0v) is 13.5. The Bertz CT molecular complexity index is 781. The van der Waals surface area contributed by atoms with Gasteiger partial charge in [-0.3, -0.25) is 0 Å². The molecule has 0 spiro atoms. The summed E-state index contributed by atoms with van der Waals surface area (Å²) in [7, 11) is 0. The van der Waals surface area contributed by atoms with Crippen LogP contribution in [0.4, 0.5) is 17.6 Å². The van der Waals surface area contributed by atoms with Crippen LogP contribution >= 0.6 is 0 Å². The number of halogens is 4. The van der Waals surface area contributed by atoms with Crippen molar-refractivity contribution in [3.05, 3.63) is 58.7 Å². The van der Waals surface area contributed by atoms with Crippen LogP contribution in [0.1, 0.15) is 47.1 Å². The van der Waals surface area contributed by atoms with Gasteiger partial charge in [-0.2, -0.15) is 13.2 Å². The van der Waals surface area contributed by atoms with Crippen LogP contribution in [0.25, 0.3) is 0 Å².